The summed E-state index contributed by atoms with van der Waals surface area (Å²) >= 11 is 0. The Labute approximate surface area is 106 Å². The molecule has 96 valence electrons. The molecule has 0 aliphatic heterocycles. The molecule has 0 fully saturated rings. The minimum absolute atomic E-state index is 0.282. The number of aliphatic hydroxyl groups excluding tert-OH is 1. The average molecular weight is 255 g/mol. The van der Waals surface area contributed by atoms with Gasteiger partial charge in [0.05, 0.1) is 22.7 Å². The maximum absolute atomic E-state index is 12.0. The van der Waals surface area contributed by atoms with Crippen molar-refractivity contribution in [3.8, 4) is 0 Å². The lowest BCUT2D eigenvalue weighted by Gasteiger charge is -2.14. The zero-order valence-corrected chi connectivity index (χ0v) is 11.5. The molecule has 1 aromatic rings. The second kappa shape index (κ2) is 6.89. The highest BCUT2D eigenvalue weighted by molar-refractivity contribution is 7.85. The van der Waals surface area contributed by atoms with Crippen molar-refractivity contribution in [2.45, 2.75) is 37.8 Å². The van der Waals surface area contributed by atoms with Gasteiger partial charge in [-0.3, -0.25) is 4.21 Å². The number of aliphatic hydroxyl groups is 1. The molecular formula is C13H21NO2S. The van der Waals surface area contributed by atoms with Gasteiger partial charge in [-0.2, -0.15) is 0 Å². The quantitative estimate of drug-likeness (QED) is 0.809. The van der Waals surface area contributed by atoms with Crippen LogP contribution in [0, 0.1) is 6.92 Å². The molecule has 0 saturated heterocycles. The van der Waals surface area contributed by atoms with E-state index in [0.717, 1.165) is 10.5 Å². The van der Waals surface area contributed by atoms with Crippen LogP contribution in [0.1, 0.15) is 19.4 Å². The minimum atomic E-state index is -1.13. The molecule has 1 aromatic carbocycles. The highest BCUT2D eigenvalue weighted by atomic mass is 32.2. The summed E-state index contributed by atoms with van der Waals surface area (Å²) in [6.45, 7) is 6.46. The molecule has 0 aliphatic rings. The van der Waals surface area contributed by atoms with Crippen molar-refractivity contribution < 1.29 is 9.32 Å². The van der Waals surface area contributed by atoms with Gasteiger partial charge >= 0.3 is 0 Å². The van der Waals surface area contributed by atoms with Gasteiger partial charge in [0, 0.05) is 17.5 Å². The van der Waals surface area contributed by atoms with Crippen LogP contribution < -0.4 is 5.32 Å². The maximum atomic E-state index is 12.0. The third-order valence-corrected chi connectivity index (χ3v) is 4.08. The molecule has 0 radical (unpaired) electrons. The van der Waals surface area contributed by atoms with E-state index in [1.165, 1.54) is 0 Å². The normalized spacial score (nSPS) is 14.9. The predicted molar refractivity (Wildman–Crippen MR) is 71.6 cm³/mol. The van der Waals surface area contributed by atoms with Gasteiger partial charge in [-0.25, -0.2) is 0 Å². The summed E-state index contributed by atoms with van der Waals surface area (Å²) in [5, 5.41) is 12.9. The van der Waals surface area contributed by atoms with E-state index in [0.29, 0.717) is 12.6 Å². The predicted octanol–water partition coefficient (Wildman–Crippen LogP) is 1.46. The first-order valence-corrected chi connectivity index (χ1v) is 7.18. The van der Waals surface area contributed by atoms with E-state index < -0.39 is 16.9 Å². The third kappa shape index (κ3) is 4.98. The van der Waals surface area contributed by atoms with Gasteiger partial charge < -0.3 is 10.4 Å². The Kier molecular flexibility index (Phi) is 5.82. The van der Waals surface area contributed by atoms with Crippen molar-refractivity contribution in [3.05, 3.63) is 29.8 Å². The highest BCUT2D eigenvalue weighted by Gasteiger charge is 2.12. The fraction of sp³-hybridized carbons (Fsp3) is 0.538. The lowest BCUT2D eigenvalue weighted by atomic mass is 10.2. The monoisotopic (exact) mass is 255 g/mol. The van der Waals surface area contributed by atoms with Gasteiger partial charge in [0.1, 0.15) is 0 Å². The van der Waals surface area contributed by atoms with E-state index in [2.05, 4.69) is 5.32 Å². The number of hydrogen-bond acceptors (Lipinski definition) is 3. The molecule has 0 aliphatic carbocycles. The Morgan fingerprint density at radius 3 is 2.59 bits per heavy atom. The Balaban J connectivity index is 2.52. The van der Waals surface area contributed by atoms with Crippen LogP contribution in [-0.2, 0) is 10.8 Å². The lowest BCUT2D eigenvalue weighted by Crippen LogP contribution is -2.34. The molecule has 0 saturated carbocycles. The molecule has 2 atom stereocenters. The number of aryl methyl sites for hydroxylation is 1. The van der Waals surface area contributed by atoms with Crippen LogP contribution in [0.15, 0.2) is 29.2 Å². The summed E-state index contributed by atoms with van der Waals surface area (Å²) in [6, 6.07) is 7.92. The molecule has 0 heterocycles. The Hall–Kier alpha value is -0.710. The fourth-order valence-electron chi connectivity index (χ4n) is 1.51. The summed E-state index contributed by atoms with van der Waals surface area (Å²) in [7, 11) is -1.13. The van der Waals surface area contributed by atoms with Gasteiger partial charge in [-0.1, -0.05) is 32.0 Å². The van der Waals surface area contributed by atoms with Crippen LogP contribution in [0.4, 0.5) is 0 Å². The highest BCUT2D eigenvalue weighted by Crippen LogP contribution is 2.12. The van der Waals surface area contributed by atoms with E-state index in [9.17, 15) is 9.32 Å². The lowest BCUT2D eigenvalue weighted by molar-refractivity contribution is 0.191. The molecule has 0 aromatic heterocycles. The zero-order chi connectivity index (χ0) is 12.8. The van der Waals surface area contributed by atoms with Gasteiger partial charge in [0.25, 0.3) is 0 Å². The molecule has 0 amide bonds. The van der Waals surface area contributed by atoms with Crippen LogP contribution in [0.2, 0.25) is 0 Å². The van der Waals surface area contributed by atoms with Crippen molar-refractivity contribution in [2.24, 2.45) is 0 Å². The van der Waals surface area contributed by atoms with Crippen LogP contribution in [0.3, 0.4) is 0 Å². The third-order valence-electron chi connectivity index (χ3n) is 2.44. The minimum Gasteiger partial charge on any atom is -0.391 e. The van der Waals surface area contributed by atoms with Crippen LogP contribution >= 0.6 is 0 Å². The molecular weight excluding hydrogens is 234 g/mol. The first-order valence-electron chi connectivity index (χ1n) is 5.86. The van der Waals surface area contributed by atoms with Gasteiger partial charge in [0.15, 0.2) is 0 Å². The summed E-state index contributed by atoms with van der Waals surface area (Å²) in [5.41, 5.74) is 1.01. The maximum Gasteiger partial charge on any atom is 0.0783 e. The molecule has 3 nitrogen and oxygen atoms in total. The SMILES string of the molecule is Cc1ccccc1S(=O)CC(O)CNC(C)C. The van der Waals surface area contributed by atoms with Crippen molar-refractivity contribution in [3.63, 3.8) is 0 Å². The van der Waals surface area contributed by atoms with Crippen molar-refractivity contribution >= 4 is 10.8 Å². The van der Waals surface area contributed by atoms with Gasteiger partial charge in [0.2, 0.25) is 0 Å². The summed E-state index contributed by atoms with van der Waals surface area (Å²) in [4.78, 5) is 0.816. The summed E-state index contributed by atoms with van der Waals surface area (Å²) < 4.78 is 12.0. The van der Waals surface area contributed by atoms with E-state index in [-0.39, 0.29) is 5.75 Å². The number of benzene rings is 1. The zero-order valence-electron chi connectivity index (χ0n) is 10.6. The van der Waals surface area contributed by atoms with Crippen LogP contribution in [0.25, 0.3) is 0 Å². The molecule has 1 rings (SSSR count). The standard InChI is InChI=1S/C13H21NO2S/c1-10(2)14-8-12(15)9-17(16)13-7-5-4-6-11(13)3/h4-7,10,12,14-15H,8-9H2,1-3H3. The van der Waals surface area contributed by atoms with E-state index in [1.807, 2.05) is 45.0 Å². The Bertz CT molecular complexity index is 379. The van der Waals surface area contributed by atoms with E-state index >= 15 is 0 Å². The first kappa shape index (κ1) is 14.4. The van der Waals surface area contributed by atoms with Crippen molar-refractivity contribution in [2.75, 3.05) is 12.3 Å². The molecule has 0 bridgehead atoms. The number of nitrogens with one attached hydrogen (secondary N) is 1. The molecule has 2 unspecified atom stereocenters. The first-order chi connectivity index (χ1) is 8.00. The van der Waals surface area contributed by atoms with Gasteiger partial charge in [-0.05, 0) is 18.6 Å². The summed E-state index contributed by atoms with van der Waals surface area (Å²) in [6.07, 6.45) is -0.571. The average Bonchev–Trinajstić information content (AvgIpc) is 2.26. The fourth-order valence-corrected chi connectivity index (χ4v) is 2.81. The summed E-state index contributed by atoms with van der Waals surface area (Å²) in [5.74, 6) is 0.282. The van der Waals surface area contributed by atoms with Crippen LogP contribution in [0.5, 0.6) is 0 Å². The largest absolute Gasteiger partial charge is 0.391 e. The Morgan fingerprint density at radius 1 is 1.35 bits per heavy atom. The van der Waals surface area contributed by atoms with Crippen molar-refractivity contribution in [1.29, 1.82) is 0 Å². The smallest absolute Gasteiger partial charge is 0.0783 e. The van der Waals surface area contributed by atoms with E-state index in [1.54, 1.807) is 0 Å². The molecule has 17 heavy (non-hydrogen) atoms. The Morgan fingerprint density at radius 2 is 2.00 bits per heavy atom. The van der Waals surface area contributed by atoms with Crippen molar-refractivity contribution in [1.82, 2.24) is 5.32 Å². The number of hydrogen-bond donors (Lipinski definition) is 2. The molecule has 0 spiro atoms. The second-order valence-electron chi connectivity index (χ2n) is 4.49. The van der Waals surface area contributed by atoms with Crippen LogP contribution in [-0.4, -0.2) is 33.8 Å². The topological polar surface area (TPSA) is 49.3 Å². The van der Waals surface area contributed by atoms with E-state index in [4.69, 9.17) is 0 Å². The molecule has 2 N–H and O–H groups in total. The second-order valence-corrected chi connectivity index (χ2v) is 5.96. The van der Waals surface area contributed by atoms with Gasteiger partial charge in [-0.15, -0.1) is 0 Å². The molecule has 4 heteroatoms. The number of rotatable bonds is 6.